The fourth-order valence-electron chi connectivity index (χ4n) is 2.14. The van der Waals surface area contributed by atoms with Crippen LogP contribution in [0, 0.1) is 0 Å². The largest absolute Gasteiger partial charge is 0.478 e. The van der Waals surface area contributed by atoms with E-state index >= 15 is 0 Å². The van der Waals surface area contributed by atoms with Crippen molar-refractivity contribution in [3.8, 4) is 0 Å². The molecule has 3 aromatic rings. The number of hydrogen-bond acceptors (Lipinski definition) is 4. The van der Waals surface area contributed by atoms with E-state index < -0.39 is 16.0 Å². The van der Waals surface area contributed by atoms with Crippen LogP contribution in [0.3, 0.4) is 0 Å². The van der Waals surface area contributed by atoms with Gasteiger partial charge in [0, 0.05) is 19.9 Å². The van der Waals surface area contributed by atoms with Gasteiger partial charge in [-0.2, -0.15) is 0 Å². The molecular formula is C15H10BrNO4S2. The molecule has 0 atom stereocenters. The Hall–Kier alpha value is -1.90. The zero-order valence-corrected chi connectivity index (χ0v) is 14.7. The summed E-state index contributed by atoms with van der Waals surface area (Å²) in [5.41, 5.74) is -0.0986. The molecule has 23 heavy (non-hydrogen) atoms. The number of hydrogen-bond donors (Lipinski definition) is 2. The SMILES string of the molecule is O=C(O)c1cc(Br)ccc1NS(=O)(=O)c1csc2ccccc12. The van der Waals surface area contributed by atoms with E-state index in [-0.39, 0.29) is 16.1 Å². The molecule has 5 nitrogen and oxygen atoms in total. The second-order valence-electron chi connectivity index (χ2n) is 4.70. The van der Waals surface area contributed by atoms with Crippen LogP contribution in [0.15, 0.2) is 57.2 Å². The van der Waals surface area contributed by atoms with E-state index in [2.05, 4.69) is 20.7 Å². The molecule has 118 valence electrons. The predicted octanol–water partition coefficient (Wildman–Crippen LogP) is 4.16. The quantitative estimate of drug-likeness (QED) is 0.674. The summed E-state index contributed by atoms with van der Waals surface area (Å²) in [5, 5.41) is 11.4. The Labute approximate surface area is 144 Å². The summed E-state index contributed by atoms with van der Waals surface area (Å²) in [6.45, 7) is 0. The topological polar surface area (TPSA) is 83.5 Å². The van der Waals surface area contributed by atoms with E-state index in [0.29, 0.717) is 9.86 Å². The highest BCUT2D eigenvalue weighted by Crippen LogP contribution is 2.31. The zero-order valence-electron chi connectivity index (χ0n) is 11.5. The highest BCUT2D eigenvalue weighted by molar-refractivity contribution is 9.10. The highest BCUT2D eigenvalue weighted by Gasteiger charge is 2.21. The Bertz CT molecular complexity index is 1010. The van der Waals surface area contributed by atoms with Crippen LogP contribution < -0.4 is 4.72 Å². The van der Waals surface area contributed by atoms with E-state index in [1.54, 1.807) is 23.6 Å². The van der Waals surface area contributed by atoms with Crippen molar-refractivity contribution in [3.63, 3.8) is 0 Å². The summed E-state index contributed by atoms with van der Waals surface area (Å²) in [6, 6.07) is 11.5. The molecule has 0 saturated carbocycles. The number of rotatable bonds is 4. The van der Waals surface area contributed by atoms with Crippen molar-refractivity contribution in [2.75, 3.05) is 4.72 Å². The first kappa shape index (κ1) is 16.0. The first-order chi connectivity index (χ1) is 10.9. The van der Waals surface area contributed by atoms with Crippen LogP contribution >= 0.6 is 27.3 Å². The molecule has 0 saturated heterocycles. The summed E-state index contributed by atoms with van der Waals surface area (Å²) in [4.78, 5) is 11.4. The number of carbonyl (C=O) groups is 1. The van der Waals surface area contributed by atoms with E-state index in [1.807, 2.05) is 12.1 Å². The minimum absolute atomic E-state index is 0.0241. The van der Waals surface area contributed by atoms with Gasteiger partial charge in [-0.15, -0.1) is 11.3 Å². The summed E-state index contributed by atoms with van der Waals surface area (Å²) in [6.07, 6.45) is 0. The molecule has 2 N–H and O–H groups in total. The van der Waals surface area contributed by atoms with Crippen molar-refractivity contribution in [2.24, 2.45) is 0 Å². The second-order valence-corrected chi connectivity index (χ2v) is 8.17. The molecule has 2 aromatic carbocycles. The Morgan fingerprint density at radius 2 is 1.91 bits per heavy atom. The number of benzene rings is 2. The van der Waals surface area contributed by atoms with Crippen LogP contribution in [0.2, 0.25) is 0 Å². The molecule has 0 aliphatic heterocycles. The Balaban J connectivity index is 2.07. The van der Waals surface area contributed by atoms with Gasteiger partial charge in [0.2, 0.25) is 0 Å². The summed E-state index contributed by atoms with van der Waals surface area (Å²) in [7, 11) is -3.88. The van der Waals surface area contributed by atoms with Gasteiger partial charge in [-0.3, -0.25) is 4.72 Å². The average molecular weight is 412 g/mol. The van der Waals surface area contributed by atoms with E-state index in [0.717, 1.165) is 4.70 Å². The number of halogens is 1. The van der Waals surface area contributed by atoms with Crippen LogP contribution in [-0.2, 0) is 10.0 Å². The number of aromatic carboxylic acids is 1. The lowest BCUT2D eigenvalue weighted by Crippen LogP contribution is -2.15. The lowest BCUT2D eigenvalue weighted by Gasteiger charge is -2.10. The lowest BCUT2D eigenvalue weighted by molar-refractivity contribution is 0.0698. The minimum atomic E-state index is -3.88. The maximum atomic E-state index is 12.6. The number of sulfonamides is 1. The van der Waals surface area contributed by atoms with Gasteiger partial charge in [0.15, 0.2) is 0 Å². The van der Waals surface area contributed by atoms with Gasteiger partial charge in [0.05, 0.1) is 11.3 Å². The molecule has 3 rings (SSSR count). The number of nitrogens with one attached hydrogen (secondary N) is 1. The first-order valence-electron chi connectivity index (χ1n) is 6.40. The molecule has 0 unspecified atom stereocenters. The molecule has 0 aliphatic rings. The molecule has 8 heteroatoms. The van der Waals surface area contributed by atoms with Crippen molar-refractivity contribution >= 4 is 59.0 Å². The number of fused-ring (bicyclic) bond motifs is 1. The number of carboxylic acids is 1. The van der Waals surface area contributed by atoms with E-state index in [4.69, 9.17) is 0 Å². The van der Waals surface area contributed by atoms with Crippen molar-refractivity contribution < 1.29 is 18.3 Å². The molecule has 0 aliphatic carbocycles. The Morgan fingerprint density at radius 1 is 1.17 bits per heavy atom. The molecule has 0 fully saturated rings. The molecule has 0 radical (unpaired) electrons. The van der Waals surface area contributed by atoms with Gasteiger partial charge in [0.1, 0.15) is 4.90 Å². The minimum Gasteiger partial charge on any atom is -0.478 e. The van der Waals surface area contributed by atoms with Gasteiger partial charge in [-0.1, -0.05) is 34.1 Å². The normalized spacial score (nSPS) is 11.5. The molecule has 0 bridgehead atoms. The number of thiophene rings is 1. The summed E-state index contributed by atoms with van der Waals surface area (Å²) >= 11 is 4.50. The van der Waals surface area contributed by atoms with Gasteiger partial charge in [-0.25, -0.2) is 13.2 Å². The second kappa shape index (κ2) is 5.95. The third-order valence-corrected chi connectivity index (χ3v) is 6.20. The van der Waals surface area contributed by atoms with Crippen molar-refractivity contribution in [1.82, 2.24) is 0 Å². The number of anilines is 1. The summed E-state index contributed by atoms with van der Waals surface area (Å²) in [5.74, 6) is -1.21. The molecule has 1 heterocycles. The first-order valence-corrected chi connectivity index (χ1v) is 9.56. The highest BCUT2D eigenvalue weighted by atomic mass is 79.9. The molecule has 0 spiro atoms. The van der Waals surface area contributed by atoms with E-state index in [1.165, 1.54) is 23.5 Å². The zero-order chi connectivity index (χ0) is 16.6. The Kier molecular flexibility index (Phi) is 4.13. The molecule has 1 aromatic heterocycles. The molecule has 0 amide bonds. The molecular weight excluding hydrogens is 402 g/mol. The van der Waals surface area contributed by atoms with Crippen molar-refractivity contribution in [3.05, 3.63) is 57.9 Å². The van der Waals surface area contributed by atoms with Crippen molar-refractivity contribution in [1.29, 1.82) is 0 Å². The van der Waals surface area contributed by atoms with Crippen LogP contribution in [-0.4, -0.2) is 19.5 Å². The van der Waals surface area contributed by atoms with Gasteiger partial charge in [-0.05, 0) is 24.3 Å². The van der Waals surface area contributed by atoms with Crippen LogP contribution in [0.5, 0.6) is 0 Å². The van der Waals surface area contributed by atoms with Crippen LogP contribution in [0.1, 0.15) is 10.4 Å². The van der Waals surface area contributed by atoms with Crippen molar-refractivity contribution in [2.45, 2.75) is 4.90 Å². The lowest BCUT2D eigenvalue weighted by atomic mass is 10.2. The average Bonchev–Trinajstić information content (AvgIpc) is 2.93. The standard InChI is InChI=1S/C15H10BrNO4S2/c16-9-5-6-12(11(7-9)15(18)19)17-23(20,21)14-8-22-13-4-2-1-3-10(13)14/h1-8,17H,(H,18,19). The van der Waals surface area contributed by atoms with Gasteiger partial charge < -0.3 is 5.11 Å². The third-order valence-electron chi connectivity index (χ3n) is 3.19. The fraction of sp³-hybridized carbons (Fsp3) is 0. The van der Waals surface area contributed by atoms with Crippen LogP contribution in [0.4, 0.5) is 5.69 Å². The predicted molar refractivity (Wildman–Crippen MR) is 93.7 cm³/mol. The monoisotopic (exact) mass is 411 g/mol. The maximum Gasteiger partial charge on any atom is 0.337 e. The fourth-order valence-corrected chi connectivity index (χ4v) is 5.09. The van der Waals surface area contributed by atoms with E-state index in [9.17, 15) is 18.3 Å². The third kappa shape index (κ3) is 3.10. The number of carboxylic acid groups (broad SMARTS) is 1. The Morgan fingerprint density at radius 3 is 2.65 bits per heavy atom. The van der Waals surface area contributed by atoms with Gasteiger partial charge >= 0.3 is 5.97 Å². The maximum absolute atomic E-state index is 12.6. The summed E-state index contributed by atoms with van der Waals surface area (Å²) < 4.78 is 29.0. The van der Waals surface area contributed by atoms with Gasteiger partial charge in [0.25, 0.3) is 10.0 Å². The smallest absolute Gasteiger partial charge is 0.337 e. The van der Waals surface area contributed by atoms with Crippen LogP contribution in [0.25, 0.3) is 10.1 Å².